The molecule has 2 atom stereocenters. The summed E-state index contributed by atoms with van der Waals surface area (Å²) in [6.07, 6.45) is 2.03. The van der Waals surface area contributed by atoms with E-state index in [4.69, 9.17) is 9.47 Å². The quantitative estimate of drug-likeness (QED) is 0.525. The van der Waals surface area contributed by atoms with Crippen molar-refractivity contribution in [1.82, 2.24) is 10.3 Å². The highest BCUT2D eigenvalue weighted by atomic mass is 16.5. The Kier molecular flexibility index (Phi) is 6.21. The van der Waals surface area contributed by atoms with Crippen LogP contribution < -0.4 is 20.7 Å². The molecule has 2 aromatic carbocycles. The molecule has 1 fully saturated rings. The minimum Gasteiger partial charge on any atom is -0.497 e. The smallest absolute Gasteiger partial charge is 0.324 e. The van der Waals surface area contributed by atoms with E-state index in [1.54, 1.807) is 49.7 Å². The van der Waals surface area contributed by atoms with E-state index in [1.165, 1.54) is 0 Å². The van der Waals surface area contributed by atoms with Gasteiger partial charge in [-0.05, 0) is 35.9 Å². The fourth-order valence-electron chi connectivity index (χ4n) is 3.50. The number of ether oxygens (including phenoxy) is 2. The topological polar surface area (TPSA) is 102 Å². The molecule has 0 radical (unpaired) electrons. The highest BCUT2D eigenvalue weighted by Crippen LogP contribution is 2.34. The second-order valence-electron chi connectivity index (χ2n) is 6.93. The van der Waals surface area contributed by atoms with Crippen molar-refractivity contribution >= 4 is 23.8 Å². The normalized spacial score (nSPS) is 17.7. The monoisotopic (exact) mass is 418 g/mol. The van der Waals surface area contributed by atoms with Gasteiger partial charge in [-0.3, -0.25) is 15.4 Å². The van der Waals surface area contributed by atoms with Crippen LogP contribution >= 0.6 is 0 Å². The van der Waals surface area contributed by atoms with E-state index < -0.39 is 6.03 Å². The molecule has 3 aromatic rings. The van der Waals surface area contributed by atoms with E-state index in [0.717, 1.165) is 17.6 Å². The molecule has 8 nitrogen and oxygen atoms in total. The predicted octanol–water partition coefficient (Wildman–Crippen LogP) is 3.91. The second kappa shape index (κ2) is 9.38. The Bertz CT molecular complexity index is 1060. The van der Waals surface area contributed by atoms with Gasteiger partial charge in [-0.25, -0.2) is 9.78 Å². The number of rotatable bonds is 6. The van der Waals surface area contributed by atoms with Crippen molar-refractivity contribution in [2.75, 3.05) is 24.4 Å². The van der Waals surface area contributed by atoms with Gasteiger partial charge in [0.2, 0.25) is 0 Å². The molecule has 1 aliphatic heterocycles. The Morgan fingerprint density at radius 2 is 1.97 bits per heavy atom. The number of hydrogen-bond acceptors (Lipinski definition) is 6. The van der Waals surface area contributed by atoms with Gasteiger partial charge in [0, 0.05) is 23.0 Å². The Morgan fingerprint density at radius 3 is 2.68 bits per heavy atom. The number of nitrogens with zero attached hydrogens (tertiary/aromatic N) is 1. The summed E-state index contributed by atoms with van der Waals surface area (Å²) in [6, 6.07) is 17.3. The van der Waals surface area contributed by atoms with Gasteiger partial charge in [-0.15, -0.1) is 0 Å². The van der Waals surface area contributed by atoms with Gasteiger partial charge >= 0.3 is 6.03 Å². The molecule has 158 valence electrons. The van der Waals surface area contributed by atoms with E-state index in [0.29, 0.717) is 29.2 Å². The Balaban J connectivity index is 1.53. The van der Waals surface area contributed by atoms with Crippen LogP contribution in [0.25, 0.3) is 0 Å². The van der Waals surface area contributed by atoms with Gasteiger partial charge in [0.15, 0.2) is 0 Å². The molecule has 31 heavy (non-hydrogen) atoms. The average molecular weight is 418 g/mol. The third kappa shape index (κ3) is 4.71. The number of hydrogen-bond donors (Lipinski definition) is 3. The summed E-state index contributed by atoms with van der Waals surface area (Å²) < 4.78 is 11.1. The molecule has 0 bridgehead atoms. The first-order chi connectivity index (χ1) is 15.2. The van der Waals surface area contributed by atoms with Crippen LogP contribution in [-0.4, -0.2) is 31.0 Å². The fraction of sp³-hybridized carbons (Fsp3) is 0.174. The highest BCUT2D eigenvalue weighted by molar-refractivity contribution is 6.00. The summed E-state index contributed by atoms with van der Waals surface area (Å²) in [5.74, 6) is 1.19. The fourth-order valence-corrected chi connectivity index (χ4v) is 3.50. The second-order valence-corrected chi connectivity index (χ2v) is 6.93. The molecule has 0 spiro atoms. The molecule has 2 heterocycles. The minimum atomic E-state index is -0.450. The van der Waals surface area contributed by atoms with Crippen LogP contribution in [0.15, 0.2) is 66.9 Å². The lowest BCUT2D eigenvalue weighted by molar-refractivity contribution is 0.101. The van der Waals surface area contributed by atoms with Crippen molar-refractivity contribution in [1.29, 1.82) is 0 Å². The maximum atomic E-state index is 12.5. The summed E-state index contributed by atoms with van der Waals surface area (Å²) in [7, 11) is 1.62. The number of aldehydes is 1. The zero-order valence-corrected chi connectivity index (χ0v) is 16.9. The van der Waals surface area contributed by atoms with E-state index in [-0.39, 0.29) is 12.3 Å². The molecule has 3 N–H and O–H groups in total. The van der Waals surface area contributed by atoms with Gasteiger partial charge in [0.05, 0.1) is 19.8 Å². The molecule has 8 heteroatoms. The predicted molar refractivity (Wildman–Crippen MR) is 116 cm³/mol. The summed E-state index contributed by atoms with van der Waals surface area (Å²) in [4.78, 5) is 28.3. The number of pyridine rings is 1. The molecule has 0 saturated carbocycles. The van der Waals surface area contributed by atoms with Crippen molar-refractivity contribution in [3.63, 3.8) is 0 Å². The number of aromatic nitrogens is 1. The average Bonchev–Trinajstić information content (AvgIpc) is 3.29. The highest BCUT2D eigenvalue weighted by Gasteiger charge is 2.30. The minimum absolute atomic E-state index is 0.279. The molecule has 2 unspecified atom stereocenters. The van der Waals surface area contributed by atoms with Crippen LogP contribution in [0.3, 0.4) is 0 Å². The standard InChI is InChI=1S/C23H22N4O4/c1-30-17-10-8-15(9-11-17)22-25-19(14-31-22)21-16(13-28)5-4-6-18(21)26-23(29)27-20-7-2-3-12-24-20/h2-13,19,22,25H,14H2,1H3,(H2,24,26,27,29). The van der Waals surface area contributed by atoms with Crippen LogP contribution in [-0.2, 0) is 4.74 Å². The lowest BCUT2D eigenvalue weighted by Crippen LogP contribution is -2.25. The zero-order valence-electron chi connectivity index (χ0n) is 16.9. The van der Waals surface area contributed by atoms with Crippen molar-refractivity contribution in [3.05, 3.63) is 83.6 Å². The van der Waals surface area contributed by atoms with Crippen LogP contribution in [0.1, 0.15) is 33.8 Å². The number of carbonyl (C=O) groups excluding carboxylic acids is 2. The van der Waals surface area contributed by atoms with Gasteiger partial charge in [-0.1, -0.05) is 30.3 Å². The molecular weight excluding hydrogens is 396 g/mol. The zero-order chi connectivity index (χ0) is 21.6. The van der Waals surface area contributed by atoms with Crippen molar-refractivity contribution in [2.45, 2.75) is 12.3 Å². The number of amides is 2. The lowest BCUT2D eigenvalue weighted by atomic mass is 9.99. The largest absolute Gasteiger partial charge is 0.497 e. The molecular formula is C23H22N4O4. The maximum Gasteiger partial charge on any atom is 0.324 e. The van der Waals surface area contributed by atoms with Crippen LogP contribution in [0.5, 0.6) is 5.75 Å². The van der Waals surface area contributed by atoms with Gasteiger partial charge in [-0.2, -0.15) is 0 Å². The van der Waals surface area contributed by atoms with E-state index in [2.05, 4.69) is 20.9 Å². The first-order valence-corrected chi connectivity index (χ1v) is 9.76. The van der Waals surface area contributed by atoms with Gasteiger partial charge in [0.1, 0.15) is 24.1 Å². The third-order valence-electron chi connectivity index (χ3n) is 4.97. The van der Waals surface area contributed by atoms with Gasteiger partial charge < -0.3 is 14.8 Å². The van der Waals surface area contributed by atoms with Gasteiger partial charge in [0.25, 0.3) is 0 Å². The molecule has 4 rings (SSSR count). The number of methoxy groups -OCH3 is 1. The van der Waals surface area contributed by atoms with Crippen molar-refractivity contribution < 1.29 is 19.1 Å². The summed E-state index contributed by atoms with van der Waals surface area (Å²) in [5.41, 5.74) is 2.61. The molecule has 2 amide bonds. The number of carbonyl (C=O) groups is 2. The molecule has 1 saturated heterocycles. The Labute approximate surface area is 179 Å². The third-order valence-corrected chi connectivity index (χ3v) is 4.97. The van der Waals surface area contributed by atoms with Crippen LogP contribution in [0.2, 0.25) is 0 Å². The number of anilines is 2. The number of urea groups is 1. The molecule has 1 aromatic heterocycles. The number of benzene rings is 2. The lowest BCUT2D eigenvalue weighted by Gasteiger charge is -2.19. The summed E-state index contributed by atoms with van der Waals surface area (Å²) in [6.45, 7) is 0.345. The maximum absolute atomic E-state index is 12.5. The van der Waals surface area contributed by atoms with Crippen molar-refractivity contribution in [3.8, 4) is 5.75 Å². The molecule has 1 aliphatic rings. The van der Waals surface area contributed by atoms with Crippen molar-refractivity contribution in [2.24, 2.45) is 0 Å². The number of nitrogens with one attached hydrogen (secondary N) is 3. The summed E-state index contributed by atoms with van der Waals surface area (Å²) in [5, 5.41) is 8.89. The molecule has 0 aliphatic carbocycles. The Hall–Kier alpha value is -3.75. The first-order valence-electron chi connectivity index (χ1n) is 9.76. The summed E-state index contributed by atoms with van der Waals surface area (Å²) >= 11 is 0. The van der Waals surface area contributed by atoms with E-state index in [9.17, 15) is 9.59 Å². The first kappa shape index (κ1) is 20.5. The van der Waals surface area contributed by atoms with E-state index >= 15 is 0 Å². The SMILES string of the molecule is COc1ccc(C2NC(c3c(C=O)cccc3NC(=O)Nc3ccccn3)CO2)cc1. The van der Waals surface area contributed by atoms with E-state index in [1.807, 2.05) is 24.3 Å². The Morgan fingerprint density at radius 1 is 1.13 bits per heavy atom. The van der Waals surface area contributed by atoms with Crippen LogP contribution in [0.4, 0.5) is 16.3 Å². The van der Waals surface area contributed by atoms with Crippen LogP contribution in [0, 0.1) is 0 Å².